The van der Waals surface area contributed by atoms with Crippen molar-refractivity contribution in [1.29, 1.82) is 0 Å². The number of para-hydroxylation sites is 1. The van der Waals surface area contributed by atoms with Gasteiger partial charge in [0.15, 0.2) is 17.5 Å². The van der Waals surface area contributed by atoms with Crippen molar-refractivity contribution in [3.63, 3.8) is 0 Å². The van der Waals surface area contributed by atoms with Crippen LogP contribution in [0.3, 0.4) is 0 Å². The Balaban J connectivity index is 1.39. The summed E-state index contributed by atoms with van der Waals surface area (Å²) in [6, 6.07) is 32.7. The normalized spacial score (nSPS) is 13.4. The quantitative estimate of drug-likeness (QED) is 0.236. The predicted octanol–water partition coefficient (Wildman–Crippen LogP) is 8.47. The number of fused-ring (bicyclic) bond motifs is 7. The maximum atomic E-state index is 6.50. The smallest absolute Gasteiger partial charge is 0.165 e. The maximum Gasteiger partial charge on any atom is 0.165 e. The number of nitrogens with zero attached hydrogens (tertiary/aromatic N) is 4. The van der Waals surface area contributed by atoms with Crippen molar-refractivity contribution < 1.29 is 4.42 Å². The van der Waals surface area contributed by atoms with Gasteiger partial charge in [0.1, 0.15) is 11.2 Å². The van der Waals surface area contributed by atoms with Crippen molar-refractivity contribution in [2.45, 2.75) is 19.3 Å². The minimum absolute atomic E-state index is 0.372. The summed E-state index contributed by atoms with van der Waals surface area (Å²) in [6.07, 6.45) is 3.85. The SMILES string of the molecule is CC1(C)c2c(-c3nc(-c4ccccc4)nc(-c4ccccc4)n3)cncc2-c2ccc3c(oc4ccccc43)c21. The largest absolute Gasteiger partial charge is 0.456 e. The van der Waals surface area contributed by atoms with Crippen LogP contribution in [0.5, 0.6) is 0 Å². The minimum atomic E-state index is -0.372. The van der Waals surface area contributed by atoms with Crippen LogP contribution in [0.1, 0.15) is 25.0 Å². The fourth-order valence-corrected chi connectivity index (χ4v) is 6.20. The summed E-state index contributed by atoms with van der Waals surface area (Å²) < 4.78 is 6.50. The molecule has 190 valence electrons. The van der Waals surface area contributed by atoms with E-state index < -0.39 is 0 Å². The lowest BCUT2D eigenvalue weighted by molar-refractivity contribution is 0.620. The first-order valence-corrected chi connectivity index (χ1v) is 13.4. The highest BCUT2D eigenvalue weighted by Crippen LogP contribution is 2.54. The molecule has 0 spiro atoms. The molecule has 5 heteroatoms. The zero-order valence-corrected chi connectivity index (χ0v) is 22.1. The molecule has 0 fully saturated rings. The van der Waals surface area contributed by atoms with E-state index in [1.165, 1.54) is 5.56 Å². The van der Waals surface area contributed by atoms with Gasteiger partial charge in [0.2, 0.25) is 0 Å². The summed E-state index contributed by atoms with van der Waals surface area (Å²) in [4.78, 5) is 19.6. The van der Waals surface area contributed by atoms with Gasteiger partial charge in [0.05, 0.1) is 0 Å². The molecule has 1 aliphatic rings. The number of hydrogen-bond donors (Lipinski definition) is 0. The van der Waals surface area contributed by atoms with Crippen molar-refractivity contribution >= 4 is 21.9 Å². The third-order valence-corrected chi connectivity index (χ3v) is 7.97. The van der Waals surface area contributed by atoms with E-state index >= 15 is 0 Å². The van der Waals surface area contributed by atoms with E-state index in [2.05, 4.69) is 38.1 Å². The molecule has 0 saturated heterocycles. The van der Waals surface area contributed by atoms with Crippen LogP contribution in [0.15, 0.2) is 114 Å². The highest BCUT2D eigenvalue weighted by Gasteiger charge is 2.41. The van der Waals surface area contributed by atoms with Crippen molar-refractivity contribution in [1.82, 2.24) is 19.9 Å². The standard InChI is InChI=1S/C35H24N4O/c1-35(2)29-26(24-17-18-25-23-15-9-10-16-28(23)40-31(25)30(24)35)19-36-20-27(29)34-38-32(21-11-5-3-6-12-21)37-33(39-34)22-13-7-4-8-14-22/h3-20H,1-2H3. The third kappa shape index (κ3) is 3.27. The van der Waals surface area contributed by atoms with Gasteiger partial charge in [0.25, 0.3) is 0 Å². The molecule has 0 unspecified atom stereocenters. The fourth-order valence-electron chi connectivity index (χ4n) is 6.20. The molecular formula is C35H24N4O. The summed E-state index contributed by atoms with van der Waals surface area (Å²) in [5.74, 6) is 1.88. The molecule has 3 heterocycles. The van der Waals surface area contributed by atoms with Crippen molar-refractivity contribution in [2.24, 2.45) is 0 Å². The van der Waals surface area contributed by atoms with Crippen LogP contribution in [-0.4, -0.2) is 19.9 Å². The van der Waals surface area contributed by atoms with Crippen molar-refractivity contribution in [3.05, 3.63) is 121 Å². The molecule has 7 aromatic rings. The maximum absolute atomic E-state index is 6.50. The van der Waals surface area contributed by atoms with Crippen LogP contribution in [-0.2, 0) is 5.41 Å². The van der Waals surface area contributed by atoms with Crippen molar-refractivity contribution in [2.75, 3.05) is 0 Å². The molecule has 0 aliphatic heterocycles. The number of furan rings is 1. The second-order valence-electron chi connectivity index (χ2n) is 10.7. The molecule has 0 N–H and O–H groups in total. The van der Waals surface area contributed by atoms with Gasteiger partial charge >= 0.3 is 0 Å². The topological polar surface area (TPSA) is 64.7 Å². The van der Waals surface area contributed by atoms with Crippen LogP contribution in [0.4, 0.5) is 0 Å². The molecule has 5 nitrogen and oxygen atoms in total. The summed E-state index contributed by atoms with van der Waals surface area (Å²) in [7, 11) is 0. The van der Waals surface area contributed by atoms with Crippen LogP contribution in [0.2, 0.25) is 0 Å². The minimum Gasteiger partial charge on any atom is -0.456 e. The summed E-state index contributed by atoms with van der Waals surface area (Å²) in [6.45, 7) is 4.51. The molecular weight excluding hydrogens is 492 g/mol. The second-order valence-corrected chi connectivity index (χ2v) is 10.7. The zero-order valence-electron chi connectivity index (χ0n) is 22.1. The van der Waals surface area contributed by atoms with E-state index in [1.54, 1.807) is 0 Å². The highest BCUT2D eigenvalue weighted by molar-refractivity contribution is 6.09. The van der Waals surface area contributed by atoms with E-state index in [-0.39, 0.29) is 5.41 Å². The van der Waals surface area contributed by atoms with E-state index in [4.69, 9.17) is 24.4 Å². The van der Waals surface area contributed by atoms with Crippen LogP contribution >= 0.6 is 0 Å². The Labute approximate surface area is 231 Å². The molecule has 0 bridgehead atoms. The lowest BCUT2D eigenvalue weighted by Crippen LogP contribution is -2.17. The van der Waals surface area contributed by atoms with Crippen LogP contribution in [0, 0.1) is 0 Å². The number of rotatable bonds is 3. The van der Waals surface area contributed by atoms with Gasteiger partial charge in [-0.2, -0.15) is 0 Å². The Morgan fingerprint density at radius 3 is 1.82 bits per heavy atom. The Hall–Kier alpha value is -5.16. The lowest BCUT2D eigenvalue weighted by atomic mass is 9.80. The number of pyridine rings is 1. The molecule has 4 aromatic carbocycles. The Kier molecular flexibility index (Phi) is 4.80. The van der Waals surface area contributed by atoms with Gasteiger partial charge in [-0.05, 0) is 23.3 Å². The van der Waals surface area contributed by atoms with E-state index in [0.717, 1.165) is 55.3 Å². The Morgan fingerprint density at radius 2 is 1.12 bits per heavy atom. The highest BCUT2D eigenvalue weighted by atomic mass is 16.3. The summed E-state index contributed by atoms with van der Waals surface area (Å²) >= 11 is 0. The van der Waals surface area contributed by atoms with Crippen LogP contribution in [0.25, 0.3) is 67.2 Å². The summed E-state index contributed by atoms with van der Waals surface area (Å²) in [5.41, 5.74) is 8.78. The molecule has 0 radical (unpaired) electrons. The average molecular weight is 517 g/mol. The van der Waals surface area contributed by atoms with E-state index in [1.807, 2.05) is 85.2 Å². The Morgan fingerprint density at radius 1 is 0.525 bits per heavy atom. The Bertz CT molecular complexity index is 2020. The van der Waals surface area contributed by atoms with E-state index in [9.17, 15) is 0 Å². The van der Waals surface area contributed by atoms with E-state index in [0.29, 0.717) is 17.5 Å². The fraction of sp³-hybridized carbons (Fsp3) is 0.0857. The molecule has 3 aromatic heterocycles. The van der Waals surface area contributed by atoms with Gasteiger partial charge in [-0.25, -0.2) is 15.0 Å². The van der Waals surface area contributed by atoms with Gasteiger partial charge < -0.3 is 4.42 Å². The first-order chi connectivity index (χ1) is 19.6. The average Bonchev–Trinajstić information content (AvgIpc) is 3.50. The molecule has 40 heavy (non-hydrogen) atoms. The van der Waals surface area contributed by atoms with Gasteiger partial charge in [-0.3, -0.25) is 4.98 Å². The zero-order chi connectivity index (χ0) is 26.8. The first kappa shape index (κ1) is 22.8. The first-order valence-electron chi connectivity index (χ1n) is 13.4. The molecule has 0 amide bonds. The lowest BCUT2D eigenvalue weighted by Gasteiger charge is -2.24. The van der Waals surface area contributed by atoms with Gasteiger partial charge in [0, 0.05) is 56.4 Å². The van der Waals surface area contributed by atoms with Gasteiger partial charge in [-0.15, -0.1) is 0 Å². The molecule has 0 atom stereocenters. The molecule has 0 saturated carbocycles. The van der Waals surface area contributed by atoms with Crippen LogP contribution < -0.4 is 0 Å². The number of aromatic nitrogens is 4. The number of benzene rings is 4. The molecule has 8 rings (SSSR count). The third-order valence-electron chi connectivity index (χ3n) is 7.97. The predicted molar refractivity (Wildman–Crippen MR) is 159 cm³/mol. The molecule has 1 aliphatic carbocycles. The monoisotopic (exact) mass is 516 g/mol. The van der Waals surface area contributed by atoms with Crippen molar-refractivity contribution in [3.8, 4) is 45.3 Å². The number of hydrogen-bond acceptors (Lipinski definition) is 5. The second kappa shape index (κ2) is 8.42. The van der Waals surface area contributed by atoms with Gasteiger partial charge in [-0.1, -0.05) is 98.8 Å². The summed E-state index contributed by atoms with van der Waals surface area (Å²) in [5, 5.41) is 2.26.